The third kappa shape index (κ3) is 3.12. The largest absolute Gasteiger partial charge is 0.425 e. The van der Waals surface area contributed by atoms with Crippen LogP contribution < -0.4 is 10.3 Å². The van der Waals surface area contributed by atoms with Crippen LogP contribution in [-0.2, 0) is 11.3 Å². The smallest absolute Gasteiger partial charge is 0.331 e. The summed E-state index contributed by atoms with van der Waals surface area (Å²) >= 11 is 0. The molecule has 2 aromatic carbocycles. The Morgan fingerprint density at radius 2 is 1.88 bits per heavy atom. The van der Waals surface area contributed by atoms with Gasteiger partial charge in [0.05, 0.1) is 22.2 Å². The number of hydrogen-bond acceptors (Lipinski definition) is 6. The number of carbonyl (C=O) groups is 1. The first kappa shape index (κ1) is 15.3. The molecule has 0 atom stereocenters. The molecule has 0 radical (unpaired) electrons. The first-order valence-corrected chi connectivity index (χ1v) is 6.94. The number of benzene rings is 2. The quantitative estimate of drug-likeness (QED) is 0.314. The van der Waals surface area contributed by atoms with Crippen molar-refractivity contribution in [3.63, 3.8) is 0 Å². The molecule has 0 saturated heterocycles. The van der Waals surface area contributed by atoms with Crippen LogP contribution in [0.4, 0.5) is 5.69 Å². The summed E-state index contributed by atoms with van der Waals surface area (Å²) in [5, 5.41) is 11.0. The zero-order chi connectivity index (χ0) is 17.1. The predicted molar refractivity (Wildman–Crippen MR) is 84.7 cm³/mol. The Hall–Kier alpha value is -3.55. The number of nitro benzene ring substituents is 1. The van der Waals surface area contributed by atoms with Gasteiger partial charge in [-0.05, 0) is 24.3 Å². The van der Waals surface area contributed by atoms with Crippen molar-refractivity contribution in [3.8, 4) is 5.75 Å². The lowest BCUT2D eigenvalue weighted by Gasteiger charge is -2.07. The molecule has 8 heteroatoms. The molecule has 1 aromatic heterocycles. The first-order valence-electron chi connectivity index (χ1n) is 6.94. The molecule has 8 nitrogen and oxygen atoms in total. The molecule has 120 valence electrons. The van der Waals surface area contributed by atoms with Gasteiger partial charge in [0.15, 0.2) is 0 Å². The second kappa shape index (κ2) is 6.29. The summed E-state index contributed by atoms with van der Waals surface area (Å²) < 4.78 is 6.22. The van der Waals surface area contributed by atoms with Crippen molar-refractivity contribution in [1.82, 2.24) is 9.55 Å². The fourth-order valence-corrected chi connectivity index (χ4v) is 2.16. The molecular formula is C16H11N3O5. The maximum Gasteiger partial charge on any atom is 0.331 e. The molecule has 0 N–H and O–H groups in total. The molecule has 0 bridgehead atoms. The van der Waals surface area contributed by atoms with Crippen molar-refractivity contribution in [2.45, 2.75) is 6.54 Å². The molecule has 0 aliphatic rings. The summed E-state index contributed by atoms with van der Waals surface area (Å²) in [5.41, 5.74) is 0.0912. The van der Waals surface area contributed by atoms with E-state index in [9.17, 15) is 19.7 Å². The Bertz CT molecular complexity index is 979. The second-order valence-electron chi connectivity index (χ2n) is 4.92. The van der Waals surface area contributed by atoms with Gasteiger partial charge in [0.25, 0.3) is 11.2 Å². The van der Waals surface area contributed by atoms with Crippen LogP contribution in [-0.4, -0.2) is 20.4 Å². The number of para-hydroxylation sites is 1. The average molecular weight is 325 g/mol. The molecule has 0 spiro atoms. The lowest BCUT2D eigenvalue weighted by Crippen LogP contribution is -2.26. The van der Waals surface area contributed by atoms with Gasteiger partial charge in [0, 0.05) is 12.1 Å². The molecular weight excluding hydrogens is 314 g/mol. The van der Waals surface area contributed by atoms with E-state index in [2.05, 4.69) is 4.98 Å². The Morgan fingerprint density at radius 1 is 1.17 bits per heavy atom. The number of rotatable bonds is 4. The SMILES string of the molecule is O=C(Cn1cnc2ccccc2c1=O)Oc1ccc([N+](=O)[O-])cc1. The van der Waals surface area contributed by atoms with Gasteiger partial charge in [-0.15, -0.1) is 0 Å². The maximum absolute atomic E-state index is 12.3. The van der Waals surface area contributed by atoms with Crippen LogP contribution in [0.3, 0.4) is 0 Å². The van der Waals surface area contributed by atoms with E-state index in [1.54, 1.807) is 24.3 Å². The zero-order valence-electron chi connectivity index (χ0n) is 12.3. The van der Waals surface area contributed by atoms with Crippen LogP contribution in [0.1, 0.15) is 0 Å². The highest BCUT2D eigenvalue weighted by molar-refractivity contribution is 5.78. The normalized spacial score (nSPS) is 10.5. The van der Waals surface area contributed by atoms with Crippen molar-refractivity contribution in [3.05, 3.63) is 75.3 Å². The van der Waals surface area contributed by atoms with E-state index in [-0.39, 0.29) is 23.5 Å². The fraction of sp³-hybridized carbons (Fsp3) is 0.0625. The van der Waals surface area contributed by atoms with Crippen molar-refractivity contribution >= 4 is 22.6 Å². The molecule has 0 saturated carbocycles. The summed E-state index contributed by atoms with van der Waals surface area (Å²) in [4.78, 5) is 38.4. The molecule has 1 heterocycles. The Morgan fingerprint density at radius 3 is 2.58 bits per heavy atom. The minimum absolute atomic E-state index is 0.107. The molecule has 0 aliphatic carbocycles. The van der Waals surface area contributed by atoms with Crippen LogP contribution >= 0.6 is 0 Å². The highest BCUT2D eigenvalue weighted by atomic mass is 16.6. The monoisotopic (exact) mass is 325 g/mol. The summed E-state index contributed by atoms with van der Waals surface area (Å²) in [5.74, 6) is -0.518. The second-order valence-corrected chi connectivity index (χ2v) is 4.92. The number of nitrogens with zero attached hydrogens (tertiary/aromatic N) is 3. The summed E-state index contributed by atoms with van der Waals surface area (Å²) in [7, 11) is 0. The number of carbonyl (C=O) groups excluding carboxylic acids is 1. The van der Waals surface area contributed by atoms with Crippen molar-refractivity contribution in [2.75, 3.05) is 0 Å². The Labute approximate surface area is 135 Å². The molecule has 0 aliphatic heterocycles. The lowest BCUT2D eigenvalue weighted by molar-refractivity contribution is -0.384. The van der Waals surface area contributed by atoms with E-state index in [0.29, 0.717) is 10.9 Å². The zero-order valence-corrected chi connectivity index (χ0v) is 12.3. The van der Waals surface area contributed by atoms with Gasteiger partial charge in [-0.3, -0.25) is 19.5 Å². The van der Waals surface area contributed by atoms with Gasteiger partial charge in [0.2, 0.25) is 0 Å². The Balaban J connectivity index is 1.76. The lowest BCUT2D eigenvalue weighted by atomic mass is 10.2. The number of nitro groups is 1. The van der Waals surface area contributed by atoms with E-state index >= 15 is 0 Å². The topological polar surface area (TPSA) is 104 Å². The van der Waals surface area contributed by atoms with Gasteiger partial charge in [0.1, 0.15) is 12.3 Å². The van der Waals surface area contributed by atoms with Crippen LogP contribution in [0.5, 0.6) is 5.75 Å². The minimum atomic E-state index is -0.678. The molecule has 24 heavy (non-hydrogen) atoms. The summed E-state index contributed by atoms with van der Waals surface area (Å²) in [6.45, 7) is -0.312. The highest BCUT2D eigenvalue weighted by Gasteiger charge is 2.11. The number of aromatic nitrogens is 2. The number of hydrogen-bond donors (Lipinski definition) is 0. The van der Waals surface area contributed by atoms with Crippen molar-refractivity contribution in [2.24, 2.45) is 0 Å². The highest BCUT2D eigenvalue weighted by Crippen LogP contribution is 2.17. The molecule has 3 rings (SSSR count). The predicted octanol–water partition coefficient (Wildman–Crippen LogP) is 1.91. The molecule has 0 amide bonds. The third-order valence-corrected chi connectivity index (χ3v) is 3.31. The van der Waals surface area contributed by atoms with E-state index < -0.39 is 10.9 Å². The van der Waals surface area contributed by atoms with Crippen LogP contribution in [0, 0.1) is 10.1 Å². The van der Waals surface area contributed by atoms with Crippen LogP contribution in [0.25, 0.3) is 10.9 Å². The van der Waals surface area contributed by atoms with Gasteiger partial charge < -0.3 is 4.74 Å². The van der Waals surface area contributed by atoms with Crippen LogP contribution in [0.15, 0.2) is 59.7 Å². The van der Waals surface area contributed by atoms with Gasteiger partial charge in [-0.25, -0.2) is 9.78 Å². The minimum Gasteiger partial charge on any atom is -0.425 e. The first-order chi connectivity index (χ1) is 11.5. The van der Waals surface area contributed by atoms with E-state index in [4.69, 9.17) is 4.74 Å². The molecule has 0 unspecified atom stereocenters. The number of ether oxygens (including phenoxy) is 1. The number of fused-ring (bicyclic) bond motifs is 1. The Kier molecular flexibility index (Phi) is 4.02. The van der Waals surface area contributed by atoms with Crippen molar-refractivity contribution in [1.29, 1.82) is 0 Å². The number of esters is 1. The fourth-order valence-electron chi connectivity index (χ4n) is 2.16. The molecule has 0 fully saturated rings. The number of non-ortho nitro benzene ring substituents is 1. The van der Waals surface area contributed by atoms with Gasteiger partial charge in [-0.2, -0.15) is 0 Å². The summed E-state index contributed by atoms with van der Waals surface area (Å²) in [6, 6.07) is 11.9. The standard InChI is InChI=1S/C16H11N3O5/c20-15(24-12-7-5-11(6-8-12)19(22)23)9-18-10-17-14-4-2-1-3-13(14)16(18)21/h1-8,10H,9H2. The van der Waals surface area contributed by atoms with Crippen LogP contribution in [0.2, 0.25) is 0 Å². The van der Waals surface area contributed by atoms with E-state index in [1.807, 2.05) is 0 Å². The van der Waals surface area contributed by atoms with Crippen molar-refractivity contribution < 1.29 is 14.5 Å². The third-order valence-electron chi connectivity index (χ3n) is 3.31. The van der Waals surface area contributed by atoms with Gasteiger partial charge in [-0.1, -0.05) is 12.1 Å². The van der Waals surface area contributed by atoms with E-state index in [0.717, 1.165) is 4.57 Å². The average Bonchev–Trinajstić information content (AvgIpc) is 2.58. The maximum atomic E-state index is 12.3. The summed E-state index contributed by atoms with van der Waals surface area (Å²) in [6.07, 6.45) is 1.28. The molecule has 3 aromatic rings. The van der Waals surface area contributed by atoms with E-state index in [1.165, 1.54) is 30.6 Å². The van der Waals surface area contributed by atoms with Gasteiger partial charge >= 0.3 is 5.97 Å².